The second-order valence-electron chi connectivity index (χ2n) is 4.54. The van der Waals surface area contributed by atoms with Gasteiger partial charge in [0, 0.05) is 13.1 Å². The van der Waals surface area contributed by atoms with Crippen molar-refractivity contribution in [2.24, 2.45) is 0 Å². The molecular weight excluding hydrogens is 238 g/mol. The summed E-state index contributed by atoms with van der Waals surface area (Å²) in [5, 5.41) is 0. The van der Waals surface area contributed by atoms with E-state index in [0.717, 1.165) is 24.9 Å². The van der Waals surface area contributed by atoms with E-state index in [0.29, 0.717) is 12.3 Å². The lowest BCUT2D eigenvalue weighted by Crippen LogP contribution is -2.31. The second kappa shape index (κ2) is 6.78. The highest BCUT2D eigenvalue weighted by Gasteiger charge is 2.17. The number of carbonyl (C=O) groups excluding carboxylic acids is 1. The zero-order valence-electron chi connectivity index (χ0n) is 11.2. The van der Waals surface area contributed by atoms with Crippen LogP contribution in [0, 0.1) is 0 Å². The summed E-state index contributed by atoms with van der Waals surface area (Å²) in [5.41, 5.74) is 1.14. The fourth-order valence-corrected chi connectivity index (χ4v) is 1.96. The van der Waals surface area contributed by atoms with Crippen molar-refractivity contribution in [2.45, 2.75) is 26.3 Å². The van der Waals surface area contributed by atoms with Crippen molar-refractivity contribution in [3.05, 3.63) is 60.1 Å². The molecule has 2 rings (SSSR count). The minimum Gasteiger partial charge on any atom is -0.459 e. The first kappa shape index (κ1) is 13.4. The highest BCUT2D eigenvalue weighted by molar-refractivity contribution is 5.91. The van der Waals surface area contributed by atoms with Gasteiger partial charge in [0.25, 0.3) is 5.91 Å². The molecule has 1 amide bonds. The number of furan rings is 1. The largest absolute Gasteiger partial charge is 0.459 e. The molecule has 1 aromatic heterocycles. The van der Waals surface area contributed by atoms with Gasteiger partial charge in [0.2, 0.25) is 0 Å². The van der Waals surface area contributed by atoms with Crippen molar-refractivity contribution in [1.29, 1.82) is 0 Å². The van der Waals surface area contributed by atoms with E-state index in [4.69, 9.17) is 4.42 Å². The number of nitrogens with zero attached hydrogens (tertiary/aromatic N) is 1. The standard InChI is InChI=1S/C16H19NO2/c1-2-3-11-17(13-14-8-5-4-6-9-14)16(18)15-10-7-12-19-15/h4-10,12H,2-3,11,13H2,1H3. The molecule has 0 saturated heterocycles. The number of hydrogen-bond donors (Lipinski definition) is 0. The van der Waals surface area contributed by atoms with E-state index in [1.807, 2.05) is 35.2 Å². The summed E-state index contributed by atoms with van der Waals surface area (Å²) in [6, 6.07) is 13.5. The summed E-state index contributed by atoms with van der Waals surface area (Å²) in [6.45, 7) is 3.50. The van der Waals surface area contributed by atoms with E-state index in [-0.39, 0.29) is 5.91 Å². The lowest BCUT2D eigenvalue weighted by molar-refractivity contribution is 0.0708. The molecule has 2 aromatic rings. The molecule has 0 aliphatic rings. The Labute approximate surface area is 113 Å². The number of benzene rings is 1. The van der Waals surface area contributed by atoms with Gasteiger partial charge in [-0.3, -0.25) is 4.79 Å². The Balaban J connectivity index is 2.09. The maximum Gasteiger partial charge on any atom is 0.289 e. The molecule has 1 heterocycles. The Hall–Kier alpha value is -2.03. The van der Waals surface area contributed by atoms with Crippen molar-refractivity contribution in [2.75, 3.05) is 6.54 Å². The van der Waals surface area contributed by atoms with Crippen molar-refractivity contribution in [3.63, 3.8) is 0 Å². The Kier molecular flexibility index (Phi) is 4.78. The molecule has 0 saturated carbocycles. The normalized spacial score (nSPS) is 10.4. The Bertz CT molecular complexity index is 491. The van der Waals surface area contributed by atoms with Crippen molar-refractivity contribution < 1.29 is 9.21 Å². The van der Waals surface area contributed by atoms with Gasteiger partial charge in [-0.1, -0.05) is 43.7 Å². The zero-order valence-corrected chi connectivity index (χ0v) is 11.2. The quantitative estimate of drug-likeness (QED) is 0.790. The van der Waals surface area contributed by atoms with Crippen LogP contribution in [0.1, 0.15) is 35.9 Å². The molecule has 0 atom stereocenters. The van der Waals surface area contributed by atoms with Gasteiger partial charge in [-0.25, -0.2) is 0 Å². The SMILES string of the molecule is CCCCN(Cc1ccccc1)C(=O)c1ccco1. The van der Waals surface area contributed by atoms with Gasteiger partial charge in [-0.05, 0) is 24.1 Å². The second-order valence-corrected chi connectivity index (χ2v) is 4.54. The van der Waals surface area contributed by atoms with Crippen LogP contribution < -0.4 is 0 Å². The summed E-state index contributed by atoms with van der Waals surface area (Å²) >= 11 is 0. The molecular formula is C16H19NO2. The number of rotatable bonds is 6. The van der Waals surface area contributed by atoms with Crippen LogP contribution >= 0.6 is 0 Å². The van der Waals surface area contributed by atoms with E-state index in [1.165, 1.54) is 6.26 Å². The van der Waals surface area contributed by atoms with E-state index < -0.39 is 0 Å². The van der Waals surface area contributed by atoms with Crippen molar-refractivity contribution in [1.82, 2.24) is 4.90 Å². The maximum absolute atomic E-state index is 12.3. The molecule has 100 valence electrons. The average molecular weight is 257 g/mol. The predicted octanol–water partition coefficient (Wildman–Crippen LogP) is 3.72. The predicted molar refractivity (Wildman–Crippen MR) is 74.8 cm³/mol. The third-order valence-electron chi connectivity index (χ3n) is 3.02. The van der Waals surface area contributed by atoms with Crippen molar-refractivity contribution >= 4 is 5.91 Å². The fourth-order valence-electron chi connectivity index (χ4n) is 1.96. The number of hydrogen-bond acceptors (Lipinski definition) is 2. The molecule has 0 aliphatic heterocycles. The average Bonchev–Trinajstić information content (AvgIpc) is 2.98. The number of unbranched alkanes of at least 4 members (excludes halogenated alkanes) is 1. The number of carbonyl (C=O) groups is 1. The van der Waals surface area contributed by atoms with Gasteiger partial charge in [-0.15, -0.1) is 0 Å². The molecule has 0 bridgehead atoms. The van der Waals surface area contributed by atoms with Crippen molar-refractivity contribution in [3.8, 4) is 0 Å². The van der Waals surface area contributed by atoms with Crippen LogP contribution in [-0.2, 0) is 6.54 Å². The molecule has 3 heteroatoms. The van der Waals surface area contributed by atoms with E-state index >= 15 is 0 Å². The molecule has 0 radical (unpaired) electrons. The summed E-state index contributed by atoms with van der Waals surface area (Å²) in [4.78, 5) is 14.2. The monoisotopic (exact) mass is 257 g/mol. The molecule has 3 nitrogen and oxygen atoms in total. The first-order valence-corrected chi connectivity index (χ1v) is 6.68. The molecule has 19 heavy (non-hydrogen) atoms. The van der Waals surface area contributed by atoms with E-state index in [2.05, 4.69) is 6.92 Å². The summed E-state index contributed by atoms with van der Waals surface area (Å²) in [5.74, 6) is 0.370. The zero-order chi connectivity index (χ0) is 13.5. The van der Waals surface area contributed by atoms with Gasteiger partial charge in [0.1, 0.15) is 0 Å². The Morgan fingerprint density at radius 3 is 2.58 bits per heavy atom. The molecule has 0 unspecified atom stereocenters. The third-order valence-corrected chi connectivity index (χ3v) is 3.02. The van der Waals surface area contributed by atoms with Gasteiger partial charge in [0.15, 0.2) is 5.76 Å². The van der Waals surface area contributed by atoms with Gasteiger partial charge >= 0.3 is 0 Å². The Morgan fingerprint density at radius 2 is 1.95 bits per heavy atom. The molecule has 0 N–H and O–H groups in total. The molecule has 0 aliphatic carbocycles. The summed E-state index contributed by atoms with van der Waals surface area (Å²) in [7, 11) is 0. The minimum atomic E-state index is -0.0395. The molecule has 0 fully saturated rings. The first-order valence-electron chi connectivity index (χ1n) is 6.68. The summed E-state index contributed by atoms with van der Waals surface area (Å²) in [6.07, 6.45) is 3.60. The van der Waals surface area contributed by atoms with Gasteiger partial charge in [0.05, 0.1) is 6.26 Å². The third kappa shape index (κ3) is 3.71. The molecule has 0 spiro atoms. The lowest BCUT2D eigenvalue weighted by Gasteiger charge is -2.21. The van der Waals surface area contributed by atoms with Gasteiger partial charge in [-0.2, -0.15) is 0 Å². The smallest absolute Gasteiger partial charge is 0.289 e. The van der Waals surface area contributed by atoms with Crippen LogP contribution in [0.4, 0.5) is 0 Å². The van der Waals surface area contributed by atoms with E-state index in [1.54, 1.807) is 12.1 Å². The minimum absolute atomic E-state index is 0.0395. The topological polar surface area (TPSA) is 33.5 Å². The highest BCUT2D eigenvalue weighted by Crippen LogP contribution is 2.11. The Morgan fingerprint density at radius 1 is 1.16 bits per heavy atom. The van der Waals surface area contributed by atoms with E-state index in [9.17, 15) is 4.79 Å². The van der Waals surface area contributed by atoms with Crippen LogP contribution in [0.25, 0.3) is 0 Å². The molecule has 1 aromatic carbocycles. The van der Waals surface area contributed by atoms with Crippen LogP contribution in [0.2, 0.25) is 0 Å². The van der Waals surface area contributed by atoms with Gasteiger partial charge < -0.3 is 9.32 Å². The summed E-state index contributed by atoms with van der Waals surface area (Å²) < 4.78 is 5.20. The maximum atomic E-state index is 12.3. The lowest BCUT2D eigenvalue weighted by atomic mass is 10.2. The van der Waals surface area contributed by atoms with Crippen LogP contribution in [0.15, 0.2) is 53.1 Å². The number of amides is 1. The first-order chi connectivity index (χ1) is 9.31. The van der Waals surface area contributed by atoms with Crippen LogP contribution in [0.5, 0.6) is 0 Å². The highest BCUT2D eigenvalue weighted by atomic mass is 16.3. The van der Waals surface area contributed by atoms with Crippen LogP contribution in [-0.4, -0.2) is 17.4 Å². The van der Waals surface area contributed by atoms with Crippen LogP contribution in [0.3, 0.4) is 0 Å². The fraction of sp³-hybridized carbons (Fsp3) is 0.312.